The van der Waals surface area contributed by atoms with Crippen LogP contribution in [0.25, 0.3) is 0 Å². The first-order valence-corrected chi connectivity index (χ1v) is 8.73. The molecule has 4 rings (SSSR count). The zero-order valence-electron chi connectivity index (χ0n) is 13.5. The minimum absolute atomic E-state index is 0.353. The summed E-state index contributed by atoms with van der Waals surface area (Å²) in [4.78, 5) is 0. The minimum Gasteiger partial charge on any atom is -0.444 e. The third kappa shape index (κ3) is 2.64. The fourth-order valence-corrected chi connectivity index (χ4v) is 3.83. The molecule has 2 aromatic carbocycles. The zero-order chi connectivity index (χ0) is 16.7. The van der Waals surface area contributed by atoms with Crippen LogP contribution in [0.15, 0.2) is 36.4 Å². The highest BCUT2D eigenvalue weighted by molar-refractivity contribution is 6.30. The second-order valence-corrected chi connectivity index (χ2v) is 7.03. The van der Waals surface area contributed by atoms with E-state index in [1.807, 2.05) is 12.1 Å². The van der Waals surface area contributed by atoms with Crippen molar-refractivity contribution in [1.29, 1.82) is 0 Å². The maximum Gasteiger partial charge on any atom is 0.278 e. The predicted octanol–water partition coefficient (Wildman–Crippen LogP) is 3.56. The molecule has 1 atom stereocenters. The molecule has 24 heavy (non-hydrogen) atoms. The number of para-hydroxylation sites is 1. The van der Waals surface area contributed by atoms with E-state index in [-0.39, 0.29) is 0 Å². The van der Waals surface area contributed by atoms with Gasteiger partial charge < -0.3 is 14.8 Å². The second-order valence-electron chi connectivity index (χ2n) is 6.59. The van der Waals surface area contributed by atoms with Gasteiger partial charge in [0.05, 0.1) is 18.7 Å². The van der Waals surface area contributed by atoms with E-state index in [1.165, 1.54) is 11.6 Å². The highest BCUT2D eigenvalue weighted by Crippen LogP contribution is 2.49. The summed E-state index contributed by atoms with van der Waals surface area (Å²) < 4.78 is 26.6. The SMILES string of the molecule is CC1(c2ccc(Cl)cc2F)Oc2cccc(C3CC[NH2+]CC3)c2O1. The van der Waals surface area contributed by atoms with Crippen LogP contribution < -0.4 is 14.8 Å². The van der Waals surface area contributed by atoms with Gasteiger partial charge in [-0.2, -0.15) is 0 Å². The average molecular weight is 349 g/mol. The molecule has 0 spiro atoms. The van der Waals surface area contributed by atoms with Crippen LogP contribution in [0.2, 0.25) is 5.02 Å². The largest absolute Gasteiger partial charge is 0.444 e. The molecular weight excluding hydrogens is 329 g/mol. The molecular formula is C19H20ClFNO2+. The highest BCUT2D eigenvalue weighted by atomic mass is 35.5. The maximum absolute atomic E-state index is 14.4. The first-order chi connectivity index (χ1) is 11.6. The molecule has 2 heterocycles. The number of benzene rings is 2. The lowest BCUT2D eigenvalue weighted by atomic mass is 9.89. The molecule has 0 aromatic heterocycles. The summed E-state index contributed by atoms with van der Waals surface area (Å²) in [6, 6.07) is 10.5. The quantitative estimate of drug-likeness (QED) is 0.900. The molecule has 2 aromatic rings. The average Bonchev–Trinajstić information content (AvgIpc) is 2.92. The lowest BCUT2D eigenvalue weighted by Crippen LogP contribution is -2.86. The monoisotopic (exact) mass is 348 g/mol. The van der Waals surface area contributed by atoms with Gasteiger partial charge in [0.2, 0.25) is 0 Å². The van der Waals surface area contributed by atoms with Gasteiger partial charge in [0.15, 0.2) is 11.5 Å². The van der Waals surface area contributed by atoms with Crippen LogP contribution in [0.1, 0.15) is 36.8 Å². The number of quaternary nitrogens is 1. The summed E-state index contributed by atoms with van der Waals surface area (Å²) >= 11 is 5.86. The van der Waals surface area contributed by atoms with Gasteiger partial charge in [-0.1, -0.05) is 23.7 Å². The molecule has 0 amide bonds. The van der Waals surface area contributed by atoms with E-state index in [1.54, 1.807) is 19.1 Å². The molecule has 3 nitrogen and oxygen atoms in total. The molecule has 0 aliphatic carbocycles. The van der Waals surface area contributed by atoms with Crippen molar-refractivity contribution in [1.82, 2.24) is 0 Å². The van der Waals surface area contributed by atoms with Crippen molar-refractivity contribution in [2.24, 2.45) is 0 Å². The fourth-order valence-electron chi connectivity index (χ4n) is 3.67. The summed E-state index contributed by atoms with van der Waals surface area (Å²) in [7, 11) is 0. The molecule has 2 N–H and O–H groups in total. The van der Waals surface area contributed by atoms with E-state index in [4.69, 9.17) is 21.1 Å². The van der Waals surface area contributed by atoms with Crippen LogP contribution in [0, 0.1) is 5.82 Å². The Labute approximate surface area is 145 Å². The van der Waals surface area contributed by atoms with E-state index in [9.17, 15) is 4.39 Å². The number of rotatable bonds is 2. The lowest BCUT2D eigenvalue weighted by Gasteiger charge is -2.25. The van der Waals surface area contributed by atoms with Gasteiger partial charge in [-0.05, 0) is 30.2 Å². The van der Waals surface area contributed by atoms with Crippen LogP contribution in [0.3, 0.4) is 0 Å². The van der Waals surface area contributed by atoms with Crippen molar-refractivity contribution in [2.45, 2.75) is 31.5 Å². The van der Waals surface area contributed by atoms with Gasteiger partial charge in [-0.25, -0.2) is 4.39 Å². The number of hydrogen-bond acceptors (Lipinski definition) is 2. The van der Waals surface area contributed by atoms with E-state index in [0.29, 0.717) is 22.3 Å². The van der Waals surface area contributed by atoms with Crippen LogP contribution >= 0.6 is 11.6 Å². The standard InChI is InChI=1S/C19H19ClFNO2/c1-19(15-6-5-13(20)11-16(15)21)23-17-4-2-3-14(18(17)24-19)12-7-9-22-10-8-12/h2-6,11-12,22H,7-10H2,1H3/p+1. The Hall–Kier alpha value is -1.78. The molecule has 1 saturated heterocycles. The highest BCUT2D eigenvalue weighted by Gasteiger charge is 2.42. The first-order valence-electron chi connectivity index (χ1n) is 8.35. The maximum atomic E-state index is 14.4. The summed E-state index contributed by atoms with van der Waals surface area (Å²) in [5, 5.41) is 2.69. The van der Waals surface area contributed by atoms with Crippen molar-refractivity contribution < 1.29 is 19.2 Å². The Morgan fingerprint density at radius 2 is 1.96 bits per heavy atom. The molecule has 0 radical (unpaired) electrons. The van der Waals surface area contributed by atoms with Crippen molar-refractivity contribution in [3.8, 4) is 11.5 Å². The summed E-state index contributed by atoms with van der Waals surface area (Å²) in [5.41, 5.74) is 1.52. The summed E-state index contributed by atoms with van der Waals surface area (Å²) in [6.07, 6.45) is 2.23. The van der Waals surface area contributed by atoms with Gasteiger partial charge in [0, 0.05) is 30.4 Å². The van der Waals surface area contributed by atoms with Gasteiger partial charge in [-0.3, -0.25) is 0 Å². The molecule has 2 aliphatic heterocycles. The summed E-state index contributed by atoms with van der Waals surface area (Å²) in [5.74, 6) is 0.297. The number of ether oxygens (including phenoxy) is 2. The molecule has 2 aliphatic rings. The number of nitrogens with two attached hydrogens (primary N) is 1. The van der Waals surface area contributed by atoms with Crippen LogP contribution in [0.4, 0.5) is 4.39 Å². The smallest absolute Gasteiger partial charge is 0.278 e. The van der Waals surface area contributed by atoms with Gasteiger partial charge in [0.1, 0.15) is 5.82 Å². The topological polar surface area (TPSA) is 35.1 Å². The molecule has 5 heteroatoms. The Kier molecular flexibility index (Phi) is 3.89. The Morgan fingerprint density at radius 1 is 1.17 bits per heavy atom. The van der Waals surface area contributed by atoms with E-state index in [2.05, 4.69) is 11.4 Å². The van der Waals surface area contributed by atoms with E-state index in [0.717, 1.165) is 31.7 Å². The molecule has 0 saturated carbocycles. The van der Waals surface area contributed by atoms with Gasteiger partial charge in [-0.15, -0.1) is 0 Å². The van der Waals surface area contributed by atoms with Crippen molar-refractivity contribution in [3.05, 3.63) is 58.4 Å². The van der Waals surface area contributed by atoms with Crippen LogP contribution in [-0.4, -0.2) is 13.1 Å². The molecule has 1 unspecified atom stereocenters. The second kappa shape index (κ2) is 5.94. The minimum atomic E-state index is -1.17. The summed E-state index contributed by atoms with van der Waals surface area (Å²) in [6.45, 7) is 3.99. The number of piperidine rings is 1. The Morgan fingerprint density at radius 3 is 2.71 bits per heavy atom. The Balaban J connectivity index is 1.70. The van der Waals surface area contributed by atoms with Crippen molar-refractivity contribution >= 4 is 11.6 Å². The predicted molar refractivity (Wildman–Crippen MR) is 90.1 cm³/mol. The Bertz CT molecular complexity index is 776. The lowest BCUT2D eigenvalue weighted by molar-refractivity contribution is -0.663. The van der Waals surface area contributed by atoms with E-state index < -0.39 is 11.6 Å². The van der Waals surface area contributed by atoms with Gasteiger partial charge in [0.25, 0.3) is 5.79 Å². The first kappa shape index (κ1) is 15.7. The molecule has 1 fully saturated rings. The van der Waals surface area contributed by atoms with Gasteiger partial charge >= 0.3 is 0 Å². The number of halogens is 2. The van der Waals surface area contributed by atoms with E-state index >= 15 is 0 Å². The van der Waals surface area contributed by atoms with Crippen LogP contribution in [0.5, 0.6) is 11.5 Å². The van der Waals surface area contributed by atoms with Crippen molar-refractivity contribution in [2.75, 3.05) is 13.1 Å². The zero-order valence-corrected chi connectivity index (χ0v) is 14.3. The van der Waals surface area contributed by atoms with Crippen LogP contribution in [-0.2, 0) is 5.79 Å². The number of fused-ring (bicyclic) bond motifs is 1. The normalized spacial score (nSPS) is 23.5. The third-order valence-corrected chi connectivity index (χ3v) is 5.14. The molecule has 0 bridgehead atoms. The third-order valence-electron chi connectivity index (χ3n) is 4.91. The molecule has 126 valence electrons. The fraction of sp³-hybridized carbons (Fsp3) is 0.368. The van der Waals surface area contributed by atoms with Crippen molar-refractivity contribution in [3.63, 3.8) is 0 Å². The number of hydrogen-bond donors (Lipinski definition) is 1.